The van der Waals surface area contributed by atoms with Gasteiger partial charge < -0.3 is 5.32 Å². The number of rotatable bonds is 0. The molecule has 10 heavy (non-hydrogen) atoms. The maximum absolute atomic E-state index is 10.8. The fraction of sp³-hybridized carbons (Fsp3) is 0.833. The number of hydrazine groups is 1. The Kier molecular flexibility index (Phi) is 2.65. The molecule has 0 bridgehead atoms. The Morgan fingerprint density at radius 2 is 1.90 bits per heavy atom. The topological polar surface area (TPSA) is 58.4 Å². The number of amides is 2. The van der Waals surface area contributed by atoms with E-state index in [4.69, 9.17) is 5.84 Å². The summed E-state index contributed by atoms with van der Waals surface area (Å²) in [6.07, 6.45) is 0. The van der Waals surface area contributed by atoms with E-state index in [0.29, 0.717) is 0 Å². The molecule has 0 aromatic heterocycles. The van der Waals surface area contributed by atoms with Crippen LogP contribution in [0.4, 0.5) is 4.79 Å². The Labute approximate surface area is 61.3 Å². The average Bonchev–Trinajstić information content (AvgIpc) is 1.60. The summed E-state index contributed by atoms with van der Waals surface area (Å²) in [4.78, 5) is 10.8. The number of carbonyl (C=O) groups is 1. The molecular formula is C6H15N3O. The third-order valence-corrected chi connectivity index (χ3v) is 0.802. The van der Waals surface area contributed by atoms with E-state index in [9.17, 15) is 4.79 Å². The van der Waals surface area contributed by atoms with Crippen LogP contribution < -0.4 is 11.2 Å². The number of urea groups is 1. The summed E-state index contributed by atoms with van der Waals surface area (Å²) in [7, 11) is 1.50. The molecule has 0 atom stereocenters. The van der Waals surface area contributed by atoms with Crippen molar-refractivity contribution in [1.29, 1.82) is 0 Å². The molecule has 4 heteroatoms. The normalized spacial score (nSPS) is 10.9. The van der Waals surface area contributed by atoms with Crippen molar-refractivity contribution < 1.29 is 4.79 Å². The minimum atomic E-state index is -0.271. The first-order valence-corrected chi connectivity index (χ1v) is 3.13. The van der Waals surface area contributed by atoms with E-state index in [-0.39, 0.29) is 11.6 Å². The lowest BCUT2D eigenvalue weighted by Gasteiger charge is -2.22. The number of hydrogen-bond acceptors (Lipinski definition) is 2. The summed E-state index contributed by atoms with van der Waals surface area (Å²) in [5.74, 6) is 5.16. The van der Waals surface area contributed by atoms with Crippen LogP contribution >= 0.6 is 0 Å². The van der Waals surface area contributed by atoms with Gasteiger partial charge in [-0.2, -0.15) is 0 Å². The zero-order chi connectivity index (χ0) is 8.36. The van der Waals surface area contributed by atoms with Gasteiger partial charge >= 0.3 is 6.03 Å². The van der Waals surface area contributed by atoms with Crippen molar-refractivity contribution in [3.8, 4) is 0 Å². The van der Waals surface area contributed by atoms with Gasteiger partial charge in [0, 0.05) is 12.6 Å². The van der Waals surface area contributed by atoms with Crippen LogP contribution in [0.2, 0.25) is 0 Å². The Morgan fingerprint density at radius 1 is 1.50 bits per heavy atom. The van der Waals surface area contributed by atoms with Crippen LogP contribution in [-0.4, -0.2) is 23.6 Å². The van der Waals surface area contributed by atoms with Crippen molar-refractivity contribution in [3.63, 3.8) is 0 Å². The molecule has 0 aliphatic rings. The molecule has 0 radical (unpaired) electrons. The van der Waals surface area contributed by atoms with Crippen molar-refractivity contribution in [2.24, 2.45) is 5.84 Å². The number of nitrogens with one attached hydrogen (secondary N) is 1. The van der Waals surface area contributed by atoms with E-state index in [1.165, 1.54) is 7.05 Å². The van der Waals surface area contributed by atoms with E-state index in [0.717, 1.165) is 5.01 Å². The quantitative estimate of drug-likeness (QED) is 0.292. The second-order valence-corrected chi connectivity index (χ2v) is 3.29. The van der Waals surface area contributed by atoms with Crippen LogP contribution in [0.5, 0.6) is 0 Å². The summed E-state index contributed by atoms with van der Waals surface area (Å²) < 4.78 is 0. The van der Waals surface area contributed by atoms with Gasteiger partial charge in [-0.3, -0.25) is 5.01 Å². The Balaban J connectivity index is 3.81. The van der Waals surface area contributed by atoms with Gasteiger partial charge in [-0.05, 0) is 20.8 Å². The summed E-state index contributed by atoms with van der Waals surface area (Å²) in [5.41, 5.74) is -0.218. The van der Waals surface area contributed by atoms with Crippen molar-refractivity contribution >= 4 is 6.03 Å². The predicted molar refractivity (Wildman–Crippen MR) is 40.2 cm³/mol. The Hall–Kier alpha value is -0.770. The highest BCUT2D eigenvalue weighted by atomic mass is 16.2. The highest BCUT2D eigenvalue weighted by molar-refractivity contribution is 5.73. The van der Waals surface area contributed by atoms with Gasteiger partial charge in [0.1, 0.15) is 0 Å². The molecule has 0 rings (SSSR count). The molecule has 0 spiro atoms. The molecule has 3 N–H and O–H groups in total. The number of nitrogens with two attached hydrogens (primary N) is 1. The maximum atomic E-state index is 10.8. The second-order valence-electron chi connectivity index (χ2n) is 3.29. The molecular weight excluding hydrogens is 130 g/mol. The standard InChI is InChI=1S/C6H15N3O/c1-6(2,3)8-5(10)9(4)7/h7H2,1-4H3,(H,8,10). The van der Waals surface area contributed by atoms with Gasteiger partial charge in [-0.15, -0.1) is 0 Å². The van der Waals surface area contributed by atoms with Gasteiger partial charge in [-0.25, -0.2) is 10.6 Å². The lowest BCUT2D eigenvalue weighted by atomic mass is 10.1. The maximum Gasteiger partial charge on any atom is 0.331 e. The van der Waals surface area contributed by atoms with E-state index in [1.807, 2.05) is 20.8 Å². The van der Waals surface area contributed by atoms with Gasteiger partial charge in [0.05, 0.1) is 0 Å². The Morgan fingerprint density at radius 3 is 2.00 bits per heavy atom. The third kappa shape index (κ3) is 4.14. The molecule has 0 aromatic rings. The molecule has 0 fully saturated rings. The van der Waals surface area contributed by atoms with E-state index >= 15 is 0 Å². The van der Waals surface area contributed by atoms with Crippen molar-refractivity contribution in [3.05, 3.63) is 0 Å². The largest absolute Gasteiger partial charge is 0.332 e. The van der Waals surface area contributed by atoms with E-state index < -0.39 is 0 Å². The minimum absolute atomic E-state index is 0.218. The fourth-order valence-corrected chi connectivity index (χ4v) is 0.409. The summed E-state index contributed by atoms with van der Waals surface area (Å²) >= 11 is 0. The Bertz CT molecular complexity index is 125. The molecule has 0 saturated carbocycles. The minimum Gasteiger partial charge on any atom is -0.332 e. The average molecular weight is 145 g/mol. The second kappa shape index (κ2) is 2.88. The van der Waals surface area contributed by atoms with Crippen LogP contribution in [0.15, 0.2) is 0 Å². The number of carbonyl (C=O) groups excluding carboxylic acids is 1. The van der Waals surface area contributed by atoms with Crippen molar-refractivity contribution in [1.82, 2.24) is 10.3 Å². The molecule has 2 amide bonds. The van der Waals surface area contributed by atoms with Crippen molar-refractivity contribution in [2.45, 2.75) is 26.3 Å². The molecule has 0 aliphatic heterocycles. The van der Waals surface area contributed by atoms with Gasteiger partial charge in [0.2, 0.25) is 0 Å². The smallest absolute Gasteiger partial charge is 0.331 e. The van der Waals surface area contributed by atoms with Gasteiger partial charge in [-0.1, -0.05) is 0 Å². The van der Waals surface area contributed by atoms with E-state index in [1.54, 1.807) is 0 Å². The lowest BCUT2D eigenvalue weighted by Crippen LogP contribution is -2.49. The molecule has 0 saturated heterocycles. The van der Waals surface area contributed by atoms with Gasteiger partial charge in [0.15, 0.2) is 0 Å². The van der Waals surface area contributed by atoms with Crippen LogP contribution in [0.3, 0.4) is 0 Å². The SMILES string of the molecule is CN(N)C(=O)NC(C)(C)C. The first-order chi connectivity index (χ1) is 4.33. The number of hydrogen-bond donors (Lipinski definition) is 2. The number of nitrogens with zero attached hydrogens (tertiary/aromatic N) is 1. The van der Waals surface area contributed by atoms with E-state index in [2.05, 4.69) is 5.32 Å². The molecule has 0 unspecified atom stereocenters. The summed E-state index contributed by atoms with van der Waals surface area (Å²) in [6, 6.07) is -0.271. The highest BCUT2D eigenvalue weighted by Crippen LogP contribution is 1.97. The molecule has 0 heterocycles. The fourth-order valence-electron chi connectivity index (χ4n) is 0.409. The zero-order valence-electron chi connectivity index (χ0n) is 6.93. The monoisotopic (exact) mass is 145 g/mol. The van der Waals surface area contributed by atoms with Crippen LogP contribution in [0.1, 0.15) is 20.8 Å². The first kappa shape index (κ1) is 9.23. The highest BCUT2D eigenvalue weighted by Gasteiger charge is 2.14. The van der Waals surface area contributed by atoms with Crippen molar-refractivity contribution in [2.75, 3.05) is 7.05 Å². The summed E-state index contributed by atoms with van der Waals surface area (Å²) in [6.45, 7) is 5.69. The third-order valence-electron chi connectivity index (χ3n) is 0.802. The molecule has 60 valence electrons. The predicted octanol–water partition coefficient (Wildman–Crippen LogP) is 0.300. The molecule has 0 aliphatic carbocycles. The van der Waals surface area contributed by atoms with Crippen LogP contribution in [0.25, 0.3) is 0 Å². The molecule has 4 nitrogen and oxygen atoms in total. The van der Waals surface area contributed by atoms with Crippen LogP contribution in [0, 0.1) is 0 Å². The summed E-state index contributed by atoms with van der Waals surface area (Å²) in [5, 5.41) is 3.70. The van der Waals surface area contributed by atoms with Gasteiger partial charge in [0.25, 0.3) is 0 Å². The molecule has 0 aromatic carbocycles. The van der Waals surface area contributed by atoms with Crippen LogP contribution in [-0.2, 0) is 0 Å². The lowest BCUT2D eigenvalue weighted by molar-refractivity contribution is 0.200. The first-order valence-electron chi connectivity index (χ1n) is 3.13. The zero-order valence-corrected chi connectivity index (χ0v) is 6.93.